The number of carbonyl (C=O) groups is 1. The summed E-state index contributed by atoms with van der Waals surface area (Å²) in [7, 11) is 1.61. The van der Waals surface area contributed by atoms with Crippen molar-refractivity contribution in [1.29, 1.82) is 0 Å². The largest absolute Gasteiger partial charge is 0.497 e. The molecule has 1 aliphatic rings. The molecule has 0 radical (unpaired) electrons. The first-order valence-electron chi connectivity index (χ1n) is 6.13. The van der Waals surface area contributed by atoms with Crippen LogP contribution in [0.3, 0.4) is 0 Å². The van der Waals surface area contributed by atoms with E-state index in [9.17, 15) is 4.79 Å². The molecule has 2 rings (SSSR count). The van der Waals surface area contributed by atoms with E-state index in [2.05, 4.69) is 13.8 Å². The van der Waals surface area contributed by atoms with Gasteiger partial charge in [-0.15, -0.1) is 0 Å². The molecule has 18 heavy (non-hydrogen) atoms. The number of benzene rings is 1. The Morgan fingerprint density at radius 3 is 2.33 bits per heavy atom. The molecule has 0 saturated heterocycles. The molecule has 1 heterocycles. The Morgan fingerprint density at radius 1 is 1.22 bits per heavy atom. The van der Waals surface area contributed by atoms with Gasteiger partial charge in [-0.3, -0.25) is 4.79 Å². The number of Topliss-reactive ketones (excluding diaryl/α,β-unsaturated/α-hetero) is 1. The zero-order valence-electron chi connectivity index (χ0n) is 11.9. The average Bonchev–Trinajstić information content (AvgIpc) is 2.44. The van der Waals surface area contributed by atoms with Crippen LogP contribution in [0.4, 0.5) is 0 Å². The van der Waals surface area contributed by atoms with Crippen molar-refractivity contribution in [2.45, 2.75) is 45.6 Å². The summed E-state index contributed by atoms with van der Waals surface area (Å²) in [5.74, 6) is 1.41. The van der Waals surface area contributed by atoms with Crippen LogP contribution in [0.15, 0.2) is 12.1 Å². The van der Waals surface area contributed by atoms with Gasteiger partial charge in [0.1, 0.15) is 17.1 Å². The fourth-order valence-corrected chi connectivity index (χ4v) is 2.26. The third-order valence-electron chi connectivity index (χ3n) is 4.21. The van der Waals surface area contributed by atoms with Crippen molar-refractivity contribution in [3.63, 3.8) is 0 Å². The first kappa shape index (κ1) is 12.9. The second kappa shape index (κ2) is 3.74. The van der Waals surface area contributed by atoms with Crippen molar-refractivity contribution in [2.24, 2.45) is 0 Å². The second-order valence-corrected chi connectivity index (χ2v) is 5.85. The van der Waals surface area contributed by atoms with E-state index in [0.717, 1.165) is 5.56 Å². The first-order chi connectivity index (χ1) is 8.20. The van der Waals surface area contributed by atoms with Crippen molar-refractivity contribution >= 4 is 5.78 Å². The molecule has 98 valence electrons. The SMILES string of the molecule is COc1cc(C(C)=O)c2c(c1)C(C)(C)C(C)(C)O2. The molecule has 1 aliphatic heterocycles. The summed E-state index contributed by atoms with van der Waals surface area (Å²) in [6, 6.07) is 3.72. The van der Waals surface area contributed by atoms with Gasteiger partial charge in [-0.25, -0.2) is 0 Å². The molecule has 3 nitrogen and oxygen atoms in total. The smallest absolute Gasteiger partial charge is 0.163 e. The van der Waals surface area contributed by atoms with E-state index in [1.165, 1.54) is 0 Å². The summed E-state index contributed by atoms with van der Waals surface area (Å²) in [4.78, 5) is 11.8. The van der Waals surface area contributed by atoms with Crippen LogP contribution in [0, 0.1) is 0 Å². The monoisotopic (exact) mass is 248 g/mol. The molecule has 1 aromatic rings. The number of ketones is 1. The Bertz CT molecular complexity index is 513. The van der Waals surface area contributed by atoms with Crippen LogP contribution >= 0.6 is 0 Å². The van der Waals surface area contributed by atoms with Gasteiger partial charge < -0.3 is 9.47 Å². The first-order valence-corrected chi connectivity index (χ1v) is 6.13. The van der Waals surface area contributed by atoms with Crippen molar-refractivity contribution in [2.75, 3.05) is 7.11 Å². The van der Waals surface area contributed by atoms with Crippen molar-refractivity contribution < 1.29 is 14.3 Å². The van der Waals surface area contributed by atoms with Gasteiger partial charge in [0.2, 0.25) is 0 Å². The molecule has 0 bridgehead atoms. The highest BCUT2D eigenvalue weighted by Gasteiger charge is 2.49. The molecule has 0 atom stereocenters. The highest BCUT2D eigenvalue weighted by atomic mass is 16.5. The predicted molar refractivity (Wildman–Crippen MR) is 70.7 cm³/mol. The fourth-order valence-electron chi connectivity index (χ4n) is 2.26. The Kier molecular flexibility index (Phi) is 2.69. The standard InChI is InChI=1S/C15H20O3/c1-9(16)11-7-10(17-6)8-12-13(11)18-15(4,5)14(12,2)3/h7-8H,1-6H3. The van der Waals surface area contributed by atoms with E-state index < -0.39 is 0 Å². The Balaban J connectivity index is 2.73. The third-order valence-corrected chi connectivity index (χ3v) is 4.21. The molecule has 3 heteroatoms. The minimum absolute atomic E-state index is 0.00125. The van der Waals surface area contributed by atoms with Crippen LogP contribution in [0.2, 0.25) is 0 Å². The van der Waals surface area contributed by atoms with Crippen LogP contribution in [0.5, 0.6) is 11.5 Å². The minimum Gasteiger partial charge on any atom is -0.497 e. The van der Waals surface area contributed by atoms with E-state index in [1.807, 2.05) is 19.9 Å². The maximum Gasteiger partial charge on any atom is 0.163 e. The molecule has 1 aromatic carbocycles. The van der Waals surface area contributed by atoms with Crippen molar-refractivity contribution in [3.05, 3.63) is 23.3 Å². The van der Waals surface area contributed by atoms with E-state index >= 15 is 0 Å². The van der Waals surface area contributed by atoms with Gasteiger partial charge in [0.25, 0.3) is 0 Å². The second-order valence-electron chi connectivity index (χ2n) is 5.85. The summed E-state index contributed by atoms with van der Waals surface area (Å²) in [6.07, 6.45) is 0. The summed E-state index contributed by atoms with van der Waals surface area (Å²) >= 11 is 0. The summed E-state index contributed by atoms with van der Waals surface area (Å²) < 4.78 is 11.3. The molecule has 0 fully saturated rings. The maximum atomic E-state index is 11.8. The lowest BCUT2D eigenvalue weighted by Gasteiger charge is -2.33. The molecule has 0 aromatic heterocycles. The maximum absolute atomic E-state index is 11.8. The topological polar surface area (TPSA) is 35.5 Å². The van der Waals surface area contributed by atoms with Crippen LogP contribution in [0.1, 0.15) is 50.5 Å². The lowest BCUT2D eigenvalue weighted by atomic mass is 9.73. The number of hydrogen-bond donors (Lipinski definition) is 0. The van der Waals surface area contributed by atoms with Crippen LogP contribution < -0.4 is 9.47 Å². The number of methoxy groups -OCH3 is 1. The zero-order valence-corrected chi connectivity index (χ0v) is 11.9. The van der Waals surface area contributed by atoms with E-state index in [-0.39, 0.29) is 16.8 Å². The number of ether oxygens (including phenoxy) is 2. The predicted octanol–water partition coefficient (Wildman–Crippen LogP) is 3.35. The summed E-state index contributed by atoms with van der Waals surface area (Å²) in [5, 5.41) is 0. The summed E-state index contributed by atoms with van der Waals surface area (Å²) in [6.45, 7) is 9.90. The lowest BCUT2D eigenvalue weighted by molar-refractivity contribution is 0.0699. The molecule has 0 saturated carbocycles. The van der Waals surface area contributed by atoms with Gasteiger partial charge in [-0.05, 0) is 32.9 Å². The molecule has 0 aliphatic carbocycles. The van der Waals surface area contributed by atoms with E-state index in [4.69, 9.17) is 9.47 Å². The number of rotatable bonds is 2. The van der Waals surface area contributed by atoms with Crippen LogP contribution in [-0.4, -0.2) is 18.5 Å². The van der Waals surface area contributed by atoms with Crippen LogP contribution in [-0.2, 0) is 5.41 Å². The normalized spacial score (nSPS) is 19.0. The number of fused-ring (bicyclic) bond motifs is 1. The quantitative estimate of drug-likeness (QED) is 0.753. The van der Waals surface area contributed by atoms with E-state index in [1.54, 1.807) is 20.1 Å². The highest BCUT2D eigenvalue weighted by Crippen LogP contribution is 2.51. The van der Waals surface area contributed by atoms with Gasteiger partial charge in [0, 0.05) is 11.0 Å². The number of carbonyl (C=O) groups excluding carboxylic acids is 1. The van der Waals surface area contributed by atoms with Crippen LogP contribution in [0.25, 0.3) is 0 Å². The Hall–Kier alpha value is -1.51. The molecule has 0 unspecified atom stereocenters. The van der Waals surface area contributed by atoms with Gasteiger partial charge in [-0.1, -0.05) is 13.8 Å². The van der Waals surface area contributed by atoms with Gasteiger partial charge >= 0.3 is 0 Å². The van der Waals surface area contributed by atoms with E-state index in [0.29, 0.717) is 17.1 Å². The lowest BCUT2D eigenvalue weighted by Crippen LogP contribution is -2.42. The third kappa shape index (κ3) is 1.61. The molecule has 0 spiro atoms. The zero-order chi connectivity index (χ0) is 13.7. The molecule has 0 amide bonds. The summed E-state index contributed by atoms with van der Waals surface area (Å²) in [5.41, 5.74) is 1.13. The van der Waals surface area contributed by atoms with Crippen molar-refractivity contribution in [3.8, 4) is 11.5 Å². The highest BCUT2D eigenvalue weighted by molar-refractivity contribution is 5.98. The number of hydrogen-bond acceptors (Lipinski definition) is 3. The van der Waals surface area contributed by atoms with Gasteiger partial charge in [-0.2, -0.15) is 0 Å². The minimum atomic E-state index is -0.341. The van der Waals surface area contributed by atoms with Gasteiger partial charge in [0.15, 0.2) is 5.78 Å². The average molecular weight is 248 g/mol. The molecule has 0 N–H and O–H groups in total. The van der Waals surface area contributed by atoms with Crippen molar-refractivity contribution in [1.82, 2.24) is 0 Å². The Labute approximate surface area is 108 Å². The Morgan fingerprint density at radius 2 is 1.83 bits per heavy atom. The van der Waals surface area contributed by atoms with Gasteiger partial charge in [0.05, 0.1) is 12.7 Å². The molecular weight excluding hydrogens is 228 g/mol. The fraction of sp³-hybridized carbons (Fsp3) is 0.533. The molecular formula is C15H20O3.